The molecular formula is C31H34N4O7S. The van der Waals surface area contributed by atoms with Crippen molar-refractivity contribution < 1.29 is 32.3 Å². The van der Waals surface area contributed by atoms with E-state index in [2.05, 4.69) is 0 Å². The van der Waals surface area contributed by atoms with E-state index >= 15 is 0 Å². The van der Waals surface area contributed by atoms with E-state index in [-0.39, 0.29) is 35.2 Å². The zero-order chi connectivity index (χ0) is 31.1. The third-order valence-corrected chi connectivity index (χ3v) is 8.90. The van der Waals surface area contributed by atoms with Crippen molar-refractivity contribution >= 4 is 45.1 Å². The highest BCUT2D eigenvalue weighted by Crippen LogP contribution is 2.33. The molecule has 11 nitrogen and oxygen atoms in total. The summed E-state index contributed by atoms with van der Waals surface area (Å²) in [6.07, 6.45) is 1.70. The van der Waals surface area contributed by atoms with Gasteiger partial charge in [-0.15, -0.1) is 0 Å². The Hall–Kier alpha value is -4.71. The van der Waals surface area contributed by atoms with Gasteiger partial charge in [-0.05, 0) is 79.8 Å². The molecule has 1 amide bonds. The number of fused-ring (bicyclic) bond motifs is 1. The number of anilines is 2. The fourth-order valence-electron chi connectivity index (χ4n) is 5.02. The number of sulfonamides is 1. The molecule has 0 saturated carbocycles. The molecule has 3 N–H and O–H groups in total. The Balaban J connectivity index is 1.59. The lowest BCUT2D eigenvalue weighted by atomic mass is 9.97. The van der Waals surface area contributed by atoms with Gasteiger partial charge in [-0.25, -0.2) is 13.2 Å². The van der Waals surface area contributed by atoms with Crippen molar-refractivity contribution in [2.45, 2.75) is 37.5 Å². The second kappa shape index (κ2) is 13.5. The molecule has 0 unspecified atom stereocenters. The van der Waals surface area contributed by atoms with E-state index in [1.807, 2.05) is 0 Å². The molecule has 0 fully saturated rings. The summed E-state index contributed by atoms with van der Waals surface area (Å²) < 4.78 is 38.0. The molecule has 0 aromatic heterocycles. The SMILES string of the molecule is CCOC(=O)CN(c1ccc2c(c1)CCCN2C(=O)CCc1ccc(C(=O)OC)cc1C(=N)N)S(=O)(=O)c1ccccc1. The van der Waals surface area contributed by atoms with Crippen LogP contribution in [0.5, 0.6) is 0 Å². The number of methoxy groups -OCH3 is 1. The quantitative estimate of drug-likeness (QED) is 0.191. The fraction of sp³-hybridized carbons (Fsp3) is 0.290. The smallest absolute Gasteiger partial charge is 0.337 e. The minimum absolute atomic E-state index is 0.0402. The number of carbonyl (C=O) groups excluding carboxylic acids is 3. The van der Waals surface area contributed by atoms with E-state index in [1.54, 1.807) is 60.4 Å². The number of hydrogen-bond donors (Lipinski definition) is 2. The number of esters is 2. The molecule has 0 atom stereocenters. The molecule has 43 heavy (non-hydrogen) atoms. The number of amides is 1. The van der Waals surface area contributed by atoms with E-state index in [0.29, 0.717) is 48.3 Å². The van der Waals surface area contributed by atoms with Gasteiger partial charge in [0.25, 0.3) is 10.0 Å². The van der Waals surface area contributed by atoms with Crippen LogP contribution in [0.15, 0.2) is 71.6 Å². The molecule has 3 aromatic carbocycles. The maximum Gasteiger partial charge on any atom is 0.337 e. The Morgan fingerprint density at radius 1 is 1.05 bits per heavy atom. The largest absolute Gasteiger partial charge is 0.465 e. The number of nitrogens with one attached hydrogen (secondary N) is 1. The number of rotatable bonds is 11. The Morgan fingerprint density at radius 3 is 2.47 bits per heavy atom. The fourth-order valence-corrected chi connectivity index (χ4v) is 6.44. The van der Waals surface area contributed by atoms with Crippen molar-refractivity contribution in [1.82, 2.24) is 0 Å². The van der Waals surface area contributed by atoms with Gasteiger partial charge in [0.05, 0.1) is 29.9 Å². The van der Waals surface area contributed by atoms with Crippen LogP contribution in [0, 0.1) is 5.41 Å². The molecule has 0 bridgehead atoms. The molecule has 0 spiro atoms. The third kappa shape index (κ3) is 7.03. The summed E-state index contributed by atoms with van der Waals surface area (Å²) in [4.78, 5) is 39.5. The van der Waals surface area contributed by atoms with Gasteiger partial charge in [0.1, 0.15) is 12.4 Å². The Bertz CT molecular complexity index is 1640. The van der Waals surface area contributed by atoms with Crippen molar-refractivity contribution in [2.75, 3.05) is 36.0 Å². The van der Waals surface area contributed by atoms with Gasteiger partial charge >= 0.3 is 11.9 Å². The lowest BCUT2D eigenvalue weighted by molar-refractivity contribution is -0.141. The van der Waals surface area contributed by atoms with Crippen molar-refractivity contribution in [3.63, 3.8) is 0 Å². The molecule has 4 rings (SSSR count). The average molecular weight is 607 g/mol. The second-order valence-corrected chi connectivity index (χ2v) is 11.7. The van der Waals surface area contributed by atoms with E-state index in [4.69, 9.17) is 20.6 Å². The zero-order valence-corrected chi connectivity index (χ0v) is 24.9. The maximum absolute atomic E-state index is 13.6. The predicted octanol–water partition coefficient (Wildman–Crippen LogP) is 3.43. The molecule has 0 radical (unpaired) electrons. The molecule has 1 aliphatic rings. The number of aryl methyl sites for hydroxylation is 2. The van der Waals surface area contributed by atoms with Crippen LogP contribution in [0.2, 0.25) is 0 Å². The number of carbonyl (C=O) groups is 3. The van der Waals surface area contributed by atoms with Gasteiger partial charge in [-0.2, -0.15) is 0 Å². The molecule has 1 heterocycles. The van der Waals surface area contributed by atoms with Crippen LogP contribution in [-0.2, 0) is 41.9 Å². The number of hydrogen-bond acceptors (Lipinski definition) is 8. The van der Waals surface area contributed by atoms with E-state index in [9.17, 15) is 22.8 Å². The highest BCUT2D eigenvalue weighted by molar-refractivity contribution is 7.92. The molecule has 0 aliphatic carbocycles. The molecular weight excluding hydrogens is 572 g/mol. The summed E-state index contributed by atoms with van der Waals surface area (Å²) in [7, 11) is -2.82. The standard InChI is InChI=1S/C31H34N4O7S/c1-3-42-29(37)20-35(43(39,40)25-9-5-4-6-10-25)24-14-15-27-22(18-24)8-7-17-34(27)28(36)16-13-21-11-12-23(31(38)41-2)19-26(21)30(32)33/h4-6,9-12,14-15,18-19H,3,7-8,13,16-17,20H2,1-2H3,(H3,32,33). The number of amidine groups is 1. The van der Waals surface area contributed by atoms with Crippen LogP contribution in [-0.4, -0.2) is 58.9 Å². The van der Waals surface area contributed by atoms with Crippen LogP contribution in [0.1, 0.15) is 46.8 Å². The van der Waals surface area contributed by atoms with E-state index in [0.717, 1.165) is 9.87 Å². The summed E-state index contributed by atoms with van der Waals surface area (Å²) in [6, 6.07) is 17.6. The first-order valence-corrected chi connectivity index (χ1v) is 15.2. The van der Waals surface area contributed by atoms with Crippen LogP contribution < -0.4 is 14.9 Å². The second-order valence-electron chi connectivity index (χ2n) is 9.87. The van der Waals surface area contributed by atoms with Crippen molar-refractivity contribution in [3.8, 4) is 0 Å². The van der Waals surface area contributed by atoms with Crippen molar-refractivity contribution in [2.24, 2.45) is 5.73 Å². The number of nitrogens with zero attached hydrogens (tertiary/aromatic N) is 2. The topological polar surface area (TPSA) is 160 Å². The first kappa shape index (κ1) is 31.2. The van der Waals surface area contributed by atoms with E-state index < -0.39 is 28.5 Å². The van der Waals surface area contributed by atoms with Gasteiger partial charge < -0.3 is 20.1 Å². The summed E-state index contributed by atoms with van der Waals surface area (Å²) in [5.74, 6) is -1.60. The molecule has 1 aliphatic heterocycles. The first-order valence-electron chi connectivity index (χ1n) is 13.8. The van der Waals surface area contributed by atoms with Crippen LogP contribution in [0.3, 0.4) is 0 Å². The van der Waals surface area contributed by atoms with E-state index in [1.165, 1.54) is 25.3 Å². The Morgan fingerprint density at radius 2 is 1.79 bits per heavy atom. The Labute approximate surface area is 250 Å². The molecule has 3 aromatic rings. The van der Waals surface area contributed by atoms with Gasteiger partial charge in [0, 0.05) is 24.2 Å². The van der Waals surface area contributed by atoms with Gasteiger partial charge in [0.15, 0.2) is 0 Å². The third-order valence-electron chi connectivity index (χ3n) is 7.11. The van der Waals surface area contributed by atoms with Crippen LogP contribution in [0.4, 0.5) is 11.4 Å². The van der Waals surface area contributed by atoms with Crippen molar-refractivity contribution in [1.29, 1.82) is 5.41 Å². The van der Waals surface area contributed by atoms with Gasteiger partial charge in [0.2, 0.25) is 5.91 Å². The van der Waals surface area contributed by atoms with Crippen molar-refractivity contribution in [3.05, 3.63) is 89.0 Å². The highest BCUT2D eigenvalue weighted by Gasteiger charge is 2.30. The number of ether oxygens (including phenoxy) is 2. The maximum atomic E-state index is 13.6. The first-order chi connectivity index (χ1) is 20.6. The molecule has 12 heteroatoms. The summed E-state index contributed by atoms with van der Waals surface area (Å²) >= 11 is 0. The molecule has 0 saturated heterocycles. The zero-order valence-electron chi connectivity index (χ0n) is 24.0. The van der Waals surface area contributed by atoms with Crippen LogP contribution in [0.25, 0.3) is 0 Å². The van der Waals surface area contributed by atoms with Crippen LogP contribution >= 0.6 is 0 Å². The lowest BCUT2D eigenvalue weighted by Gasteiger charge is -2.31. The molecule has 226 valence electrons. The number of nitrogens with two attached hydrogens (primary N) is 1. The minimum atomic E-state index is -4.09. The highest BCUT2D eigenvalue weighted by atomic mass is 32.2. The van der Waals surface area contributed by atoms with Gasteiger partial charge in [-0.3, -0.25) is 19.3 Å². The minimum Gasteiger partial charge on any atom is -0.465 e. The normalized spacial score (nSPS) is 12.7. The number of nitrogen functional groups attached to an aromatic ring is 1. The lowest BCUT2D eigenvalue weighted by Crippen LogP contribution is -2.38. The summed E-state index contributed by atoms with van der Waals surface area (Å²) in [5.41, 5.74) is 8.77. The Kier molecular flexibility index (Phi) is 9.81. The number of benzene rings is 3. The predicted molar refractivity (Wildman–Crippen MR) is 162 cm³/mol. The average Bonchev–Trinajstić information content (AvgIpc) is 3.01. The van der Waals surface area contributed by atoms with Gasteiger partial charge in [-0.1, -0.05) is 24.3 Å². The summed E-state index contributed by atoms with van der Waals surface area (Å²) in [6.45, 7) is 1.75. The monoisotopic (exact) mass is 606 g/mol. The summed E-state index contributed by atoms with van der Waals surface area (Å²) in [5, 5.41) is 7.92.